The number of nitriles is 4. The number of imidazole rings is 1. The molecule has 44 heteroatoms. The molecule has 0 spiro atoms. The molecule has 0 fully saturated rings. The van der Waals surface area contributed by atoms with E-state index in [4.69, 9.17) is 5.26 Å². The zero-order chi connectivity index (χ0) is 92.2. The van der Waals surface area contributed by atoms with Crippen molar-refractivity contribution >= 4 is 87.0 Å². The van der Waals surface area contributed by atoms with Crippen LogP contribution in [-0.2, 0) is 98.0 Å². The van der Waals surface area contributed by atoms with Crippen LogP contribution in [0, 0.1) is 45.3 Å². The predicted molar refractivity (Wildman–Crippen MR) is 465 cm³/mol. The van der Waals surface area contributed by atoms with E-state index in [1.54, 1.807) is 59.2 Å². The SMILES string of the molecule is CC(C)n1cc(S(=O)(=O)NC(=O)Nc2c(-c3ccnc(C#N)c3)ccc3c2CCC3)nn1.CC(C)n1cnc(S(=O)(=O)NC(=O)Nc2c(-c3ccnc(C#N)c3)ccc3c2CCC3)c1.CC(C)n1cnc(S(=O)(=O)NC(=O)Nc2c(-c3ccnc(C#N)c3)ccc3c2CCC3)n1.N#Cc1cc(-c2ccc3c(c2NC(=O)NS(=O)(=O)c2cnn(CC(F)F)c2)CCC3)ccn1. The summed E-state index contributed by atoms with van der Waals surface area (Å²) in [4.78, 5) is 74.1. The van der Waals surface area contributed by atoms with E-state index in [1.165, 1.54) is 59.2 Å². The Bertz CT molecular complexity index is 6560. The van der Waals surface area contributed by atoms with Crippen molar-refractivity contribution in [2.75, 3.05) is 21.3 Å². The van der Waals surface area contributed by atoms with Gasteiger partial charge in [0, 0.05) is 77.6 Å². The number of hydrogen-bond donors (Lipinski definition) is 8. The van der Waals surface area contributed by atoms with E-state index in [0.29, 0.717) is 73.7 Å². The summed E-state index contributed by atoms with van der Waals surface area (Å²) in [5.41, 5.74) is 16.5. The van der Waals surface area contributed by atoms with Crippen LogP contribution in [0.3, 0.4) is 0 Å². The summed E-state index contributed by atoms with van der Waals surface area (Å²) in [6.07, 6.45) is 20.7. The maximum absolute atomic E-state index is 12.7. The Labute approximate surface area is 739 Å². The lowest BCUT2D eigenvalue weighted by Crippen LogP contribution is -2.35. The molecule has 4 aliphatic rings. The average molecular weight is 1830 g/mol. The molecule has 0 atom stereocenters. The Morgan fingerprint density at radius 2 is 0.767 bits per heavy atom. The molecule has 16 rings (SSSR count). The first-order valence-electron chi connectivity index (χ1n) is 40.2. The fourth-order valence-electron chi connectivity index (χ4n) is 14.8. The Kier molecular flexibility index (Phi) is 27.8. The minimum absolute atomic E-state index is 0.0356. The number of sulfonamides is 4. The van der Waals surface area contributed by atoms with Crippen molar-refractivity contribution < 1.29 is 61.6 Å². The number of rotatable bonds is 21. The highest BCUT2D eigenvalue weighted by Crippen LogP contribution is 2.43. The van der Waals surface area contributed by atoms with Crippen molar-refractivity contribution in [3.8, 4) is 68.8 Å². The molecular weight excluding hydrogens is 1740 g/mol. The van der Waals surface area contributed by atoms with Crippen molar-refractivity contribution in [3.05, 3.63) is 227 Å². The highest BCUT2D eigenvalue weighted by Gasteiger charge is 2.32. The second-order valence-electron chi connectivity index (χ2n) is 30.6. The molecule has 0 aliphatic heterocycles. The number of urea groups is 4. The lowest BCUT2D eigenvalue weighted by atomic mass is 9.97. The van der Waals surface area contributed by atoms with Crippen molar-refractivity contribution in [3.63, 3.8) is 0 Å². The molecule has 0 bridgehead atoms. The van der Waals surface area contributed by atoms with Gasteiger partial charge in [-0.25, -0.2) is 94.5 Å². The van der Waals surface area contributed by atoms with Crippen LogP contribution in [0.5, 0.6) is 0 Å². The molecule has 8 heterocycles. The van der Waals surface area contributed by atoms with E-state index >= 15 is 0 Å². The summed E-state index contributed by atoms with van der Waals surface area (Å²) in [6, 6.07) is 32.9. The third-order valence-electron chi connectivity index (χ3n) is 21.0. The number of amides is 8. The van der Waals surface area contributed by atoms with Crippen molar-refractivity contribution in [2.45, 2.75) is 170 Å². The molecular formula is C85H82F2N26O12S4. The van der Waals surface area contributed by atoms with E-state index in [9.17, 15) is 77.4 Å². The lowest BCUT2D eigenvalue weighted by Gasteiger charge is -2.16. The van der Waals surface area contributed by atoms with Crippen molar-refractivity contribution in [1.82, 2.24) is 87.9 Å². The largest absolute Gasteiger partial charge is 0.334 e. The molecule has 129 heavy (non-hydrogen) atoms. The number of aromatic nitrogens is 14. The van der Waals surface area contributed by atoms with Crippen LogP contribution in [-0.4, -0.2) is 133 Å². The quantitative estimate of drug-likeness (QED) is 0.0331. The molecule has 0 saturated heterocycles. The summed E-state index contributed by atoms with van der Waals surface area (Å²) in [7, 11) is -16.9. The second kappa shape index (κ2) is 39.2. The van der Waals surface area contributed by atoms with E-state index in [-0.39, 0.29) is 51.0 Å². The van der Waals surface area contributed by atoms with Crippen LogP contribution in [0.2, 0.25) is 0 Å². The van der Waals surface area contributed by atoms with Gasteiger partial charge in [0.05, 0.1) is 41.5 Å². The molecule has 8 N–H and O–H groups in total. The molecule has 662 valence electrons. The van der Waals surface area contributed by atoms with Gasteiger partial charge in [-0.2, -0.15) is 51.4 Å². The summed E-state index contributed by atoms with van der Waals surface area (Å²) in [6.45, 7) is 10.4. The van der Waals surface area contributed by atoms with Crippen LogP contribution in [0.15, 0.2) is 179 Å². The number of carbonyl (C=O) groups excluding carboxylic acids is 4. The number of nitrogens with one attached hydrogen (secondary N) is 8. The zero-order valence-electron chi connectivity index (χ0n) is 69.9. The standard InChI is InChI=1S/C22H22N6O3S.C21H18F2N6O3S.2C21H21N7O3S/c1-14(2)28-12-20(25-13-28)32(30,31)27-22(29)26-21-18-5-3-4-15(18)6-7-19(21)16-8-9-24-17(10-16)11-23;22-19(23)12-29-11-16(10-26-29)33(31,32)28-21(30)27-20-17-3-1-2-13(17)4-5-18(20)14-6-7-25-15(8-14)9-24;1-13(2)28-12-24-21(26-28)32(30,31)27-20(29)25-19-17-5-3-4-14(17)6-7-18(19)15-8-9-23-16(10-15)11-22;1-13(2)28-12-19(25-27-28)32(30,31)26-21(29)24-20-17-5-3-4-14(17)6-7-18(20)15-8-9-23-16(10-15)11-22/h6-10,12-14H,3-5H2,1-2H3,(H2,26,27,29);4-8,10-11,19H,1-3,12H2,(H2,27,28,30);6-10,12-13H,3-5H2,1-2H3,(H2,25,27,29);6-10,12-13H,3-5H2,1-2H3,(H2,24,26,29). The average Bonchev–Trinajstić information content (AvgIpc) is 1.73. The van der Waals surface area contributed by atoms with E-state index in [2.05, 4.69) is 71.7 Å². The molecule has 12 aromatic rings. The Hall–Kier alpha value is -15.1. The number of fused-ring (bicyclic) bond motifs is 4. The van der Waals surface area contributed by atoms with Gasteiger partial charge in [0.2, 0.25) is 5.03 Å². The number of anilines is 4. The number of aryl methyl sites for hydroxylation is 4. The summed E-state index contributed by atoms with van der Waals surface area (Å²) in [5, 5.41) is 61.4. The van der Waals surface area contributed by atoms with Gasteiger partial charge >= 0.3 is 34.1 Å². The zero-order valence-corrected chi connectivity index (χ0v) is 73.1. The Morgan fingerprint density at radius 3 is 1.09 bits per heavy atom. The molecule has 8 amide bonds. The number of benzene rings is 4. The monoisotopic (exact) mass is 1820 g/mol. The van der Waals surface area contributed by atoms with Crippen LogP contribution < -0.4 is 40.2 Å². The van der Waals surface area contributed by atoms with Gasteiger partial charge in [-0.05, 0) is 234 Å². The van der Waals surface area contributed by atoms with Crippen LogP contribution >= 0.6 is 0 Å². The van der Waals surface area contributed by atoms with Crippen LogP contribution in [0.25, 0.3) is 44.5 Å². The molecule has 8 aromatic heterocycles. The smallest absolute Gasteiger partial charge is 0.333 e. The van der Waals surface area contributed by atoms with Crippen LogP contribution in [0.1, 0.15) is 153 Å². The third-order valence-corrected chi connectivity index (χ3v) is 25.8. The van der Waals surface area contributed by atoms with Gasteiger partial charge in [-0.15, -0.1) is 10.2 Å². The predicted octanol–water partition coefficient (Wildman–Crippen LogP) is 12.1. The van der Waals surface area contributed by atoms with Gasteiger partial charge < -0.3 is 25.8 Å². The molecule has 0 unspecified atom stereocenters. The summed E-state index contributed by atoms with van der Waals surface area (Å²) in [5.74, 6) is 0. The first-order valence-corrected chi connectivity index (χ1v) is 46.1. The number of alkyl halides is 2. The van der Waals surface area contributed by atoms with Crippen molar-refractivity contribution in [1.29, 1.82) is 21.0 Å². The summed E-state index contributed by atoms with van der Waals surface area (Å²) >= 11 is 0. The third kappa shape index (κ3) is 21.7. The van der Waals surface area contributed by atoms with Gasteiger partial charge in [-0.3, -0.25) is 4.68 Å². The van der Waals surface area contributed by atoms with Crippen LogP contribution in [0.4, 0.5) is 50.7 Å². The van der Waals surface area contributed by atoms with Gasteiger partial charge in [-0.1, -0.05) is 53.7 Å². The fraction of sp³-hybridized carbons (Fsp3) is 0.271. The maximum Gasteiger partial charge on any atom is 0.333 e. The van der Waals surface area contributed by atoms with E-state index < -0.39 is 87.2 Å². The lowest BCUT2D eigenvalue weighted by molar-refractivity contribution is 0.121. The number of nitrogens with zero attached hydrogens (tertiary/aromatic N) is 18. The fourth-order valence-corrected chi connectivity index (χ4v) is 18.1. The van der Waals surface area contributed by atoms with Gasteiger partial charge in [0.25, 0.3) is 41.7 Å². The van der Waals surface area contributed by atoms with E-state index in [0.717, 1.165) is 132 Å². The molecule has 4 aromatic carbocycles. The first-order chi connectivity index (χ1) is 61.6. The number of halogens is 2. The maximum atomic E-state index is 12.7. The van der Waals surface area contributed by atoms with Gasteiger partial charge in [0.1, 0.15) is 64.8 Å². The Balaban J connectivity index is 0.000000147. The van der Waals surface area contributed by atoms with Gasteiger partial charge in [0.15, 0.2) is 5.03 Å². The Morgan fingerprint density at radius 1 is 0.411 bits per heavy atom. The minimum atomic E-state index is -4.34. The molecule has 38 nitrogen and oxygen atoms in total. The first kappa shape index (κ1) is 91.6. The highest BCUT2D eigenvalue weighted by atomic mass is 32.2. The normalized spacial score (nSPS) is 12.9. The molecule has 4 aliphatic carbocycles. The number of hydrogen-bond acceptors (Lipinski definition) is 26. The summed E-state index contributed by atoms with van der Waals surface area (Å²) < 4.78 is 139. The number of carbonyl (C=O) groups is 4. The molecule has 0 radical (unpaired) electrons. The number of pyridine rings is 4. The second-order valence-corrected chi connectivity index (χ2v) is 37.1. The minimum Gasteiger partial charge on any atom is -0.334 e. The van der Waals surface area contributed by atoms with E-state index in [1.807, 2.05) is 127 Å². The molecule has 0 saturated carbocycles. The topological polar surface area (TPSA) is 545 Å². The highest BCUT2D eigenvalue weighted by molar-refractivity contribution is 7.90. The van der Waals surface area contributed by atoms with Crippen molar-refractivity contribution in [2.24, 2.45) is 0 Å².